The van der Waals surface area contributed by atoms with Gasteiger partial charge in [0.2, 0.25) is 0 Å². The highest BCUT2D eigenvalue weighted by Gasteiger charge is 2.71. The van der Waals surface area contributed by atoms with Gasteiger partial charge >= 0.3 is 12.4 Å². The number of alkyl halides is 6. The Kier molecular flexibility index (Phi) is 7.57. The van der Waals surface area contributed by atoms with Crippen LogP contribution in [-0.2, 0) is 5.60 Å². The summed E-state index contributed by atoms with van der Waals surface area (Å²) in [7, 11) is 0. The van der Waals surface area contributed by atoms with Crippen LogP contribution in [0.2, 0.25) is 5.15 Å². The summed E-state index contributed by atoms with van der Waals surface area (Å²) in [6.07, 6.45) is -10.7. The molecule has 37 heavy (non-hydrogen) atoms. The second-order valence-corrected chi connectivity index (χ2v) is 8.38. The maximum Gasteiger partial charge on any atom is 0.430 e. The van der Waals surface area contributed by atoms with Crippen LogP contribution in [0.5, 0.6) is 0 Å². The fourth-order valence-corrected chi connectivity index (χ4v) is 3.74. The van der Waals surface area contributed by atoms with Crippen LogP contribution in [0.1, 0.15) is 37.4 Å². The lowest BCUT2D eigenvalue weighted by molar-refractivity contribution is -0.376. The Morgan fingerprint density at radius 3 is 2.00 bits per heavy atom. The molecule has 0 radical (unpaired) electrons. The van der Waals surface area contributed by atoms with Crippen LogP contribution in [0.15, 0.2) is 54.7 Å². The number of anilines is 2. The van der Waals surface area contributed by atoms with Crippen LogP contribution in [-0.4, -0.2) is 34.3 Å². The van der Waals surface area contributed by atoms with E-state index in [-0.39, 0.29) is 38.8 Å². The lowest BCUT2D eigenvalue weighted by Crippen LogP contribution is -2.54. The zero-order valence-electron chi connectivity index (χ0n) is 19.1. The summed E-state index contributed by atoms with van der Waals surface area (Å²) < 4.78 is 79.6. The average molecular weight is 546 g/mol. The third-order valence-electron chi connectivity index (χ3n) is 5.40. The number of benzene rings is 2. The van der Waals surface area contributed by atoms with Crippen molar-refractivity contribution in [2.75, 3.05) is 10.6 Å². The van der Waals surface area contributed by atoms with Gasteiger partial charge in [0.15, 0.2) is 0 Å². The molecule has 0 atom stereocenters. The molecular weight excluding hydrogens is 528 g/mol. The molecule has 0 saturated heterocycles. The van der Waals surface area contributed by atoms with E-state index in [1.54, 1.807) is 0 Å². The van der Waals surface area contributed by atoms with Crippen molar-refractivity contribution in [2.45, 2.75) is 31.8 Å². The van der Waals surface area contributed by atoms with E-state index in [0.717, 1.165) is 0 Å². The van der Waals surface area contributed by atoms with Crippen LogP contribution in [0, 0.1) is 13.8 Å². The number of amides is 2. The molecule has 196 valence electrons. The van der Waals surface area contributed by atoms with Gasteiger partial charge in [-0.05, 0) is 55.3 Å². The van der Waals surface area contributed by atoms with Crippen LogP contribution >= 0.6 is 11.6 Å². The predicted octanol–water partition coefficient (Wildman–Crippen LogP) is 6.17. The summed E-state index contributed by atoms with van der Waals surface area (Å²) >= 11 is 5.90. The molecule has 0 aliphatic carbocycles. The SMILES string of the molecule is Cc1cc(C(O)(C(F)(F)F)C(F)(F)F)cc(C)c1NC(=O)c1cccc(NC(=O)c2cccnc2Cl)c1. The van der Waals surface area contributed by atoms with Gasteiger partial charge in [0, 0.05) is 28.7 Å². The number of nitrogens with zero attached hydrogens (tertiary/aromatic N) is 1. The average Bonchev–Trinajstić information content (AvgIpc) is 2.79. The first-order chi connectivity index (χ1) is 17.1. The highest BCUT2D eigenvalue weighted by molar-refractivity contribution is 6.33. The fraction of sp³-hybridized carbons (Fsp3) is 0.208. The molecule has 0 spiro atoms. The number of nitrogens with one attached hydrogen (secondary N) is 2. The van der Waals surface area contributed by atoms with E-state index < -0.39 is 35.3 Å². The van der Waals surface area contributed by atoms with Gasteiger partial charge in [-0.25, -0.2) is 4.98 Å². The predicted molar refractivity (Wildman–Crippen MR) is 124 cm³/mol. The number of aliphatic hydroxyl groups is 1. The molecule has 3 aromatic rings. The lowest BCUT2D eigenvalue weighted by atomic mass is 9.89. The van der Waals surface area contributed by atoms with Crippen molar-refractivity contribution >= 4 is 34.8 Å². The molecule has 1 heterocycles. The first-order valence-corrected chi connectivity index (χ1v) is 10.7. The zero-order valence-corrected chi connectivity index (χ0v) is 19.8. The van der Waals surface area contributed by atoms with Crippen LogP contribution in [0.3, 0.4) is 0 Å². The van der Waals surface area contributed by atoms with E-state index in [1.165, 1.54) is 56.4 Å². The topological polar surface area (TPSA) is 91.3 Å². The number of hydrogen-bond donors (Lipinski definition) is 3. The van der Waals surface area contributed by atoms with Gasteiger partial charge in [0.1, 0.15) is 5.15 Å². The number of hydrogen-bond acceptors (Lipinski definition) is 4. The van der Waals surface area contributed by atoms with Gasteiger partial charge in [-0.2, -0.15) is 26.3 Å². The van der Waals surface area contributed by atoms with Gasteiger partial charge in [-0.15, -0.1) is 0 Å². The Labute approximate surface area is 211 Å². The largest absolute Gasteiger partial charge is 0.430 e. The Hall–Kier alpha value is -3.64. The molecule has 0 bridgehead atoms. The molecule has 0 aliphatic rings. The minimum Gasteiger partial charge on any atom is -0.369 e. The summed E-state index contributed by atoms with van der Waals surface area (Å²) in [6.45, 7) is 2.38. The molecule has 1 aromatic heterocycles. The fourth-order valence-electron chi connectivity index (χ4n) is 3.54. The molecule has 0 fully saturated rings. The molecule has 6 nitrogen and oxygen atoms in total. The summed E-state index contributed by atoms with van der Waals surface area (Å²) in [5.41, 5.74) is -6.54. The normalized spacial score (nSPS) is 12.3. The van der Waals surface area contributed by atoms with Gasteiger partial charge in [-0.1, -0.05) is 29.8 Å². The minimum atomic E-state index is -6.04. The first-order valence-electron chi connectivity index (χ1n) is 10.4. The Morgan fingerprint density at radius 1 is 0.865 bits per heavy atom. The summed E-state index contributed by atoms with van der Waals surface area (Å²) in [4.78, 5) is 29.0. The smallest absolute Gasteiger partial charge is 0.369 e. The molecule has 0 saturated carbocycles. The van der Waals surface area contributed by atoms with Crippen molar-refractivity contribution in [2.24, 2.45) is 0 Å². The van der Waals surface area contributed by atoms with E-state index >= 15 is 0 Å². The number of carbonyl (C=O) groups excluding carboxylic acids is 2. The van der Waals surface area contributed by atoms with Gasteiger partial charge in [0.25, 0.3) is 17.4 Å². The Morgan fingerprint density at radius 2 is 1.46 bits per heavy atom. The Balaban J connectivity index is 1.87. The van der Waals surface area contributed by atoms with Crippen molar-refractivity contribution < 1.29 is 41.0 Å². The van der Waals surface area contributed by atoms with Crippen molar-refractivity contribution in [3.63, 3.8) is 0 Å². The van der Waals surface area contributed by atoms with Gasteiger partial charge in [0.05, 0.1) is 5.56 Å². The molecule has 13 heteroatoms. The molecule has 0 unspecified atom stereocenters. The third kappa shape index (κ3) is 5.54. The monoisotopic (exact) mass is 545 g/mol. The number of aryl methyl sites for hydroxylation is 2. The molecule has 0 aliphatic heterocycles. The standard InChI is InChI=1S/C24H18ClF6N3O3/c1-12-9-15(22(37,23(26,27)28)24(29,30)31)10-13(2)18(12)34-20(35)14-5-3-6-16(11-14)33-21(36)17-7-4-8-32-19(17)25/h3-11,37H,1-2H3,(H,33,36)(H,34,35). The first kappa shape index (κ1) is 27.9. The van der Waals surface area contributed by atoms with Gasteiger partial charge in [-0.3, -0.25) is 9.59 Å². The molecular formula is C24H18ClF6N3O3. The molecule has 3 N–H and O–H groups in total. The lowest BCUT2D eigenvalue weighted by Gasteiger charge is -2.33. The molecule has 2 amide bonds. The van der Waals surface area contributed by atoms with E-state index in [9.17, 15) is 41.0 Å². The second-order valence-electron chi connectivity index (χ2n) is 8.02. The van der Waals surface area contributed by atoms with Crippen LogP contribution in [0.4, 0.5) is 37.7 Å². The zero-order chi connectivity index (χ0) is 27.8. The highest BCUT2D eigenvalue weighted by Crippen LogP contribution is 2.50. The van der Waals surface area contributed by atoms with Crippen molar-refractivity contribution in [3.05, 3.63) is 87.7 Å². The maximum absolute atomic E-state index is 13.3. The van der Waals surface area contributed by atoms with E-state index in [1.807, 2.05) is 0 Å². The molecule has 2 aromatic carbocycles. The maximum atomic E-state index is 13.3. The number of aromatic nitrogens is 1. The number of halogens is 7. The second kappa shape index (κ2) is 10.0. The number of carbonyl (C=O) groups is 2. The van der Waals surface area contributed by atoms with Crippen molar-refractivity contribution in [1.29, 1.82) is 0 Å². The summed E-state index contributed by atoms with van der Waals surface area (Å²) in [5.74, 6) is -1.35. The third-order valence-corrected chi connectivity index (χ3v) is 5.70. The van der Waals surface area contributed by atoms with E-state index in [4.69, 9.17) is 11.6 Å². The summed E-state index contributed by atoms with van der Waals surface area (Å²) in [5, 5.41) is 14.6. The van der Waals surface area contributed by atoms with E-state index in [0.29, 0.717) is 12.1 Å². The number of pyridine rings is 1. The van der Waals surface area contributed by atoms with Crippen LogP contribution in [0.25, 0.3) is 0 Å². The van der Waals surface area contributed by atoms with Crippen molar-refractivity contribution in [3.8, 4) is 0 Å². The minimum absolute atomic E-state index is 0.0278. The van der Waals surface area contributed by atoms with Crippen molar-refractivity contribution in [1.82, 2.24) is 4.98 Å². The van der Waals surface area contributed by atoms with Crippen LogP contribution < -0.4 is 10.6 Å². The van der Waals surface area contributed by atoms with Gasteiger partial charge < -0.3 is 15.7 Å². The Bertz CT molecular complexity index is 1320. The number of rotatable bonds is 5. The highest BCUT2D eigenvalue weighted by atomic mass is 35.5. The summed E-state index contributed by atoms with van der Waals surface area (Å²) in [6, 6.07) is 9.59. The molecule has 3 rings (SSSR count). The quantitative estimate of drug-likeness (QED) is 0.264. The van der Waals surface area contributed by atoms with E-state index in [2.05, 4.69) is 15.6 Å².